The van der Waals surface area contributed by atoms with Crippen molar-refractivity contribution in [3.63, 3.8) is 0 Å². The number of rotatable bonds is 11. The summed E-state index contributed by atoms with van der Waals surface area (Å²) in [7, 11) is -3.56. The van der Waals surface area contributed by atoms with Gasteiger partial charge in [-0.1, -0.05) is 26.0 Å². The number of nitrogens with one attached hydrogen (secondary N) is 3. The average Bonchev–Trinajstić information content (AvgIpc) is 2.79. The Hall–Kier alpha value is -3.50. The van der Waals surface area contributed by atoms with Crippen LogP contribution in [0.4, 0.5) is 23.1 Å². The molecule has 0 radical (unpaired) electrons. The van der Waals surface area contributed by atoms with E-state index in [1.165, 1.54) is 12.1 Å². The van der Waals surface area contributed by atoms with E-state index in [2.05, 4.69) is 25.3 Å². The van der Waals surface area contributed by atoms with E-state index >= 15 is 0 Å². The third-order valence-electron chi connectivity index (χ3n) is 4.84. The molecule has 0 aliphatic heterocycles. The molecule has 1 aromatic heterocycles. The summed E-state index contributed by atoms with van der Waals surface area (Å²) in [5.74, 6) is 0.768. The van der Waals surface area contributed by atoms with Gasteiger partial charge in [0.05, 0.1) is 22.3 Å². The van der Waals surface area contributed by atoms with E-state index in [9.17, 15) is 13.2 Å². The summed E-state index contributed by atoms with van der Waals surface area (Å²) in [6, 6.07) is 15.0. The molecule has 3 aromatic rings. The average molecular weight is 498 g/mol. The first kappa shape index (κ1) is 26.1. The molecule has 35 heavy (non-hydrogen) atoms. The molecule has 0 unspecified atom stereocenters. The quantitative estimate of drug-likeness (QED) is 0.321. The standard InChI is InChI=1S/C25H31N5O4S/c1-17(2)13-16-27-35(32,33)20-11-9-19(10-12-20)28-25-26-15-14-23(30-25)29-22-8-6-5-7-21(22)24(31)34-18(3)4/h5-12,14-15,17-18,27H,13,16H2,1-4H3,(H2,26,28,29,30). The molecule has 0 aliphatic rings. The molecular weight excluding hydrogens is 466 g/mol. The normalized spacial score (nSPS) is 11.5. The van der Waals surface area contributed by atoms with Crippen LogP contribution in [0.25, 0.3) is 0 Å². The number of hydrogen-bond donors (Lipinski definition) is 3. The minimum Gasteiger partial charge on any atom is -0.459 e. The van der Waals surface area contributed by atoms with E-state index in [0.717, 1.165) is 6.42 Å². The van der Waals surface area contributed by atoms with Crippen molar-refractivity contribution in [2.45, 2.75) is 45.1 Å². The van der Waals surface area contributed by atoms with Gasteiger partial charge in [-0.05, 0) is 68.7 Å². The van der Waals surface area contributed by atoms with Crippen molar-refractivity contribution in [3.8, 4) is 0 Å². The number of carbonyl (C=O) groups is 1. The van der Waals surface area contributed by atoms with Gasteiger partial charge in [-0.25, -0.2) is 22.9 Å². The van der Waals surface area contributed by atoms with E-state index in [-0.39, 0.29) is 11.0 Å². The number of hydrogen-bond acceptors (Lipinski definition) is 8. The Kier molecular flexibility index (Phi) is 8.78. The van der Waals surface area contributed by atoms with Crippen LogP contribution in [0.1, 0.15) is 44.5 Å². The first-order chi connectivity index (χ1) is 16.6. The van der Waals surface area contributed by atoms with Crippen molar-refractivity contribution in [2.24, 2.45) is 5.92 Å². The molecule has 0 bridgehead atoms. The highest BCUT2D eigenvalue weighted by atomic mass is 32.2. The van der Waals surface area contributed by atoms with Gasteiger partial charge in [-0.3, -0.25) is 0 Å². The molecule has 3 rings (SSSR count). The van der Waals surface area contributed by atoms with E-state index in [0.29, 0.717) is 41.2 Å². The highest BCUT2D eigenvalue weighted by molar-refractivity contribution is 7.89. The van der Waals surface area contributed by atoms with Crippen molar-refractivity contribution in [3.05, 3.63) is 66.4 Å². The van der Waals surface area contributed by atoms with Gasteiger partial charge in [0.1, 0.15) is 5.82 Å². The molecule has 10 heteroatoms. The molecule has 1 heterocycles. The second kappa shape index (κ2) is 11.8. The van der Waals surface area contributed by atoms with Gasteiger partial charge in [-0.2, -0.15) is 4.98 Å². The largest absolute Gasteiger partial charge is 0.459 e. The van der Waals surface area contributed by atoms with Crippen LogP contribution in [0.3, 0.4) is 0 Å². The lowest BCUT2D eigenvalue weighted by atomic mass is 10.1. The minimum absolute atomic E-state index is 0.188. The van der Waals surface area contributed by atoms with Crippen LogP contribution < -0.4 is 15.4 Å². The van der Waals surface area contributed by atoms with Crippen molar-refractivity contribution in [2.75, 3.05) is 17.2 Å². The predicted molar refractivity (Wildman–Crippen MR) is 137 cm³/mol. The molecule has 186 valence electrons. The Morgan fingerprint density at radius 3 is 2.37 bits per heavy atom. The van der Waals surface area contributed by atoms with Gasteiger partial charge in [0.2, 0.25) is 16.0 Å². The highest BCUT2D eigenvalue weighted by Gasteiger charge is 2.15. The van der Waals surface area contributed by atoms with Gasteiger partial charge in [0, 0.05) is 18.4 Å². The molecule has 9 nitrogen and oxygen atoms in total. The summed E-state index contributed by atoms with van der Waals surface area (Å²) in [6.45, 7) is 8.07. The van der Waals surface area contributed by atoms with Crippen molar-refractivity contribution in [1.82, 2.24) is 14.7 Å². The number of aromatic nitrogens is 2. The number of nitrogens with zero attached hydrogens (tertiary/aromatic N) is 2. The molecule has 0 aliphatic carbocycles. The molecule has 3 N–H and O–H groups in total. The fourth-order valence-corrected chi connectivity index (χ4v) is 4.13. The van der Waals surface area contributed by atoms with Gasteiger partial charge in [-0.15, -0.1) is 0 Å². The molecule has 2 aromatic carbocycles. The SMILES string of the molecule is CC(C)CCNS(=O)(=O)c1ccc(Nc2nccc(Nc3ccccc3C(=O)OC(C)C)n2)cc1. The first-order valence-electron chi connectivity index (χ1n) is 11.4. The molecule has 0 fully saturated rings. The summed E-state index contributed by atoms with van der Waals surface area (Å²) < 4.78 is 32.8. The zero-order valence-corrected chi connectivity index (χ0v) is 21.1. The zero-order valence-electron chi connectivity index (χ0n) is 20.3. The Balaban J connectivity index is 1.69. The number of anilines is 4. The maximum Gasteiger partial charge on any atom is 0.340 e. The van der Waals surface area contributed by atoms with E-state index in [4.69, 9.17) is 4.74 Å². The summed E-state index contributed by atoms with van der Waals surface area (Å²) in [5, 5.41) is 6.19. The molecule has 0 saturated carbocycles. The van der Waals surface area contributed by atoms with Crippen molar-refractivity contribution in [1.29, 1.82) is 0 Å². The van der Waals surface area contributed by atoms with E-state index < -0.39 is 16.0 Å². The summed E-state index contributed by atoms with van der Waals surface area (Å²) >= 11 is 0. The van der Waals surface area contributed by atoms with Crippen LogP contribution in [-0.2, 0) is 14.8 Å². The van der Waals surface area contributed by atoms with Crippen LogP contribution in [0, 0.1) is 5.92 Å². The summed E-state index contributed by atoms with van der Waals surface area (Å²) in [6.07, 6.45) is 2.11. The first-order valence-corrected chi connectivity index (χ1v) is 12.9. The molecule has 0 saturated heterocycles. The molecule has 0 amide bonds. The number of esters is 1. The Bertz CT molecular complexity index is 1240. The van der Waals surface area contributed by atoms with E-state index in [1.54, 1.807) is 56.4 Å². The number of para-hydroxylation sites is 1. The van der Waals surface area contributed by atoms with Crippen LogP contribution in [0.5, 0.6) is 0 Å². The van der Waals surface area contributed by atoms with Crippen molar-refractivity contribution < 1.29 is 17.9 Å². The molecule has 0 atom stereocenters. The molecule has 0 spiro atoms. The van der Waals surface area contributed by atoms with Gasteiger partial charge >= 0.3 is 5.97 Å². The van der Waals surface area contributed by atoms with Crippen LogP contribution in [0.15, 0.2) is 65.7 Å². The second-order valence-electron chi connectivity index (χ2n) is 8.62. The maximum absolute atomic E-state index is 12.4. The van der Waals surface area contributed by atoms with Crippen LogP contribution >= 0.6 is 0 Å². The number of sulfonamides is 1. The number of benzene rings is 2. The third-order valence-corrected chi connectivity index (χ3v) is 6.32. The highest BCUT2D eigenvalue weighted by Crippen LogP contribution is 2.23. The lowest BCUT2D eigenvalue weighted by Gasteiger charge is -2.13. The number of ether oxygens (including phenoxy) is 1. The topological polar surface area (TPSA) is 122 Å². The van der Waals surface area contributed by atoms with Gasteiger partial charge in [0.25, 0.3) is 0 Å². The maximum atomic E-state index is 12.4. The van der Waals surface area contributed by atoms with Gasteiger partial charge < -0.3 is 15.4 Å². The fourth-order valence-electron chi connectivity index (χ4n) is 3.09. The van der Waals surface area contributed by atoms with E-state index in [1.807, 2.05) is 19.9 Å². The third kappa shape index (κ3) is 7.76. The summed E-state index contributed by atoms with van der Waals surface area (Å²) in [5.41, 5.74) is 1.58. The van der Waals surface area contributed by atoms with Crippen molar-refractivity contribution >= 4 is 39.1 Å². The molecular formula is C25H31N5O4S. The van der Waals surface area contributed by atoms with Crippen LogP contribution in [0.2, 0.25) is 0 Å². The second-order valence-corrected chi connectivity index (χ2v) is 10.4. The lowest BCUT2D eigenvalue weighted by molar-refractivity contribution is 0.0379. The Morgan fingerprint density at radius 1 is 0.971 bits per heavy atom. The monoisotopic (exact) mass is 497 g/mol. The smallest absolute Gasteiger partial charge is 0.340 e. The Labute approximate surface area is 206 Å². The lowest BCUT2D eigenvalue weighted by Crippen LogP contribution is -2.25. The van der Waals surface area contributed by atoms with Gasteiger partial charge in [0.15, 0.2) is 0 Å². The zero-order chi connectivity index (χ0) is 25.4. The minimum atomic E-state index is -3.56. The predicted octanol–water partition coefficient (Wildman–Crippen LogP) is 4.85. The summed E-state index contributed by atoms with van der Waals surface area (Å²) in [4.78, 5) is 21.2. The fraction of sp³-hybridized carbons (Fsp3) is 0.320. The number of carbonyl (C=O) groups excluding carboxylic acids is 1. The van der Waals surface area contributed by atoms with Crippen LogP contribution in [-0.4, -0.2) is 37.0 Å². The Morgan fingerprint density at radius 2 is 1.69 bits per heavy atom.